The van der Waals surface area contributed by atoms with Crippen molar-refractivity contribution in [2.75, 3.05) is 6.54 Å². The fourth-order valence-electron chi connectivity index (χ4n) is 2.93. The highest BCUT2D eigenvalue weighted by atomic mass is 16.3. The predicted octanol–water partition coefficient (Wildman–Crippen LogP) is -0.00228. The van der Waals surface area contributed by atoms with Crippen LogP contribution < -0.4 is 5.32 Å². The Balaban J connectivity index is 1.76. The molecule has 2 aliphatic heterocycles. The third-order valence-electron chi connectivity index (χ3n) is 4.04. The number of benzene rings is 1. The number of hydrogen-bond acceptors (Lipinski definition) is 3. The molecule has 2 heterocycles. The van der Waals surface area contributed by atoms with Crippen molar-refractivity contribution in [3.05, 3.63) is 35.4 Å². The summed E-state index contributed by atoms with van der Waals surface area (Å²) >= 11 is 0. The molecule has 5 nitrogen and oxygen atoms in total. The zero-order valence-electron chi connectivity index (χ0n) is 11.4. The molecule has 0 unspecified atom stereocenters. The van der Waals surface area contributed by atoms with Crippen molar-refractivity contribution in [1.29, 1.82) is 0 Å². The van der Waals surface area contributed by atoms with E-state index in [0.29, 0.717) is 12.8 Å². The first-order valence-electron chi connectivity index (χ1n) is 6.89. The fourth-order valence-corrected chi connectivity index (χ4v) is 2.93. The van der Waals surface area contributed by atoms with E-state index in [4.69, 9.17) is 0 Å². The van der Waals surface area contributed by atoms with Gasteiger partial charge in [0.05, 0.1) is 6.10 Å². The van der Waals surface area contributed by atoms with E-state index in [1.54, 1.807) is 0 Å². The van der Waals surface area contributed by atoms with Gasteiger partial charge in [-0.3, -0.25) is 9.59 Å². The Kier molecular flexibility index (Phi) is 3.22. The van der Waals surface area contributed by atoms with Gasteiger partial charge >= 0.3 is 0 Å². The van der Waals surface area contributed by atoms with Gasteiger partial charge in [-0.1, -0.05) is 29.8 Å². The summed E-state index contributed by atoms with van der Waals surface area (Å²) in [5, 5.41) is 12.4. The number of aliphatic hydroxyl groups is 1. The number of hydrogen-bond donors (Lipinski definition) is 2. The van der Waals surface area contributed by atoms with Crippen LogP contribution in [0.2, 0.25) is 0 Å². The van der Waals surface area contributed by atoms with Gasteiger partial charge in [-0.15, -0.1) is 0 Å². The van der Waals surface area contributed by atoms with Gasteiger partial charge in [0.1, 0.15) is 12.1 Å². The van der Waals surface area contributed by atoms with Gasteiger partial charge in [0.15, 0.2) is 0 Å². The van der Waals surface area contributed by atoms with E-state index in [9.17, 15) is 14.7 Å². The summed E-state index contributed by atoms with van der Waals surface area (Å²) < 4.78 is 0. The van der Waals surface area contributed by atoms with Crippen LogP contribution >= 0.6 is 0 Å². The topological polar surface area (TPSA) is 69.6 Å². The van der Waals surface area contributed by atoms with Crippen LogP contribution in [-0.4, -0.2) is 46.6 Å². The van der Waals surface area contributed by atoms with Crippen LogP contribution in [0.3, 0.4) is 0 Å². The minimum atomic E-state index is -0.590. The van der Waals surface area contributed by atoms with Crippen molar-refractivity contribution in [3.63, 3.8) is 0 Å². The Morgan fingerprint density at radius 2 is 2.00 bits per heavy atom. The first-order chi connectivity index (χ1) is 9.54. The molecule has 2 aliphatic rings. The molecule has 2 N–H and O–H groups in total. The second-order valence-corrected chi connectivity index (χ2v) is 5.65. The van der Waals surface area contributed by atoms with Crippen LogP contribution in [0, 0.1) is 6.92 Å². The number of nitrogens with zero attached hydrogens (tertiary/aromatic N) is 1. The molecule has 106 valence electrons. The lowest BCUT2D eigenvalue weighted by atomic mass is 10.0. The number of aryl methyl sites for hydroxylation is 1. The van der Waals surface area contributed by atoms with Gasteiger partial charge < -0.3 is 15.3 Å². The average Bonchev–Trinajstić information content (AvgIpc) is 2.81. The lowest BCUT2D eigenvalue weighted by molar-refractivity contribution is -0.147. The molecular weight excluding hydrogens is 256 g/mol. The highest BCUT2D eigenvalue weighted by Crippen LogP contribution is 2.23. The number of piperazine rings is 1. The van der Waals surface area contributed by atoms with E-state index in [-0.39, 0.29) is 18.4 Å². The van der Waals surface area contributed by atoms with Gasteiger partial charge in [-0.25, -0.2) is 0 Å². The maximum absolute atomic E-state index is 12.4. The van der Waals surface area contributed by atoms with Crippen LogP contribution in [0.15, 0.2) is 24.3 Å². The summed E-state index contributed by atoms with van der Waals surface area (Å²) in [5.74, 6) is -0.245. The van der Waals surface area contributed by atoms with Crippen molar-refractivity contribution >= 4 is 11.8 Å². The minimum absolute atomic E-state index is 0.0910. The molecule has 1 aromatic rings. The van der Waals surface area contributed by atoms with Crippen LogP contribution in [0.25, 0.3) is 0 Å². The average molecular weight is 274 g/mol. The molecule has 0 saturated carbocycles. The number of aliphatic hydroxyl groups excluding tert-OH is 1. The second kappa shape index (κ2) is 4.90. The standard InChI is InChI=1S/C15H18N2O3/c1-9-2-4-10(5-3-9)6-12-15(20)17-8-11(18)7-13(17)14(19)16-12/h2-5,11-13,18H,6-8H2,1H3,(H,16,19)/t11-,12+,13+/m1/s1. The Hall–Kier alpha value is -1.88. The number of rotatable bonds is 2. The zero-order valence-corrected chi connectivity index (χ0v) is 11.4. The SMILES string of the molecule is Cc1ccc(C[C@@H]2NC(=O)[C@@H]3C[C@@H](O)CN3C2=O)cc1. The first kappa shape index (κ1) is 13.1. The zero-order chi connectivity index (χ0) is 14.3. The van der Waals surface area contributed by atoms with Gasteiger partial charge in [0.25, 0.3) is 0 Å². The normalized spacial score (nSPS) is 29.3. The molecule has 2 fully saturated rings. The molecule has 1 aromatic carbocycles. The lowest BCUT2D eigenvalue weighted by Gasteiger charge is -2.34. The van der Waals surface area contributed by atoms with Gasteiger partial charge in [-0.05, 0) is 12.5 Å². The third-order valence-corrected chi connectivity index (χ3v) is 4.04. The highest BCUT2D eigenvalue weighted by Gasteiger charge is 2.45. The molecular formula is C15H18N2O3. The van der Waals surface area contributed by atoms with Gasteiger partial charge in [0.2, 0.25) is 11.8 Å². The summed E-state index contributed by atoms with van der Waals surface area (Å²) in [4.78, 5) is 25.9. The summed E-state index contributed by atoms with van der Waals surface area (Å²) in [6.45, 7) is 2.27. The summed E-state index contributed by atoms with van der Waals surface area (Å²) in [6.07, 6.45) is 0.242. The smallest absolute Gasteiger partial charge is 0.246 e. The van der Waals surface area contributed by atoms with Gasteiger partial charge in [-0.2, -0.15) is 0 Å². The number of amides is 2. The molecule has 0 bridgehead atoms. The third kappa shape index (κ3) is 2.29. The largest absolute Gasteiger partial charge is 0.391 e. The number of fused-ring (bicyclic) bond motifs is 1. The summed E-state index contributed by atoms with van der Waals surface area (Å²) in [7, 11) is 0. The predicted molar refractivity (Wildman–Crippen MR) is 72.9 cm³/mol. The second-order valence-electron chi connectivity index (χ2n) is 5.65. The Morgan fingerprint density at radius 1 is 1.30 bits per heavy atom. The molecule has 0 spiro atoms. The maximum atomic E-state index is 12.4. The van der Waals surface area contributed by atoms with E-state index >= 15 is 0 Å². The molecule has 2 amide bonds. The van der Waals surface area contributed by atoms with E-state index in [0.717, 1.165) is 11.1 Å². The lowest BCUT2D eigenvalue weighted by Crippen LogP contribution is -2.61. The van der Waals surface area contributed by atoms with Crippen LogP contribution in [0.5, 0.6) is 0 Å². The van der Waals surface area contributed by atoms with Crippen molar-refractivity contribution in [2.24, 2.45) is 0 Å². The molecule has 0 radical (unpaired) electrons. The van der Waals surface area contributed by atoms with E-state index < -0.39 is 18.2 Å². The van der Waals surface area contributed by atoms with Crippen molar-refractivity contribution < 1.29 is 14.7 Å². The molecule has 3 atom stereocenters. The van der Waals surface area contributed by atoms with Gasteiger partial charge in [0, 0.05) is 19.4 Å². The molecule has 20 heavy (non-hydrogen) atoms. The first-order valence-corrected chi connectivity index (χ1v) is 6.89. The molecule has 3 rings (SSSR count). The summed E-state index contributed by atoms with van der Waals surface area (Å²) in [6, 6.07) is 6.91. The monoisotopic (exact) mass is 274 g/mol. The molecule has 0 aliphatic carbocycles. The molecule has 2 saturated heterocycles. The van der Waals surface area contributed by atoms with Crippen LogP contribution in [-0.2, 0) is 16.0 Å². The summed E-state index contributed by atoms with van der Waals surface area (Å²) in [5.41, 5.74) is 2.18. The Bertz CT molecular complexity index is 541. The fraction of sp³-hybridized carbons (Fsp3) is 0.467. The van der Waals surface area contributed by atoms with Crippen LogP contribution in [0.4, 0.5) is 0 Å². The molecule has 5 heteroatoms. The van der Waals surface area contributed by atoms with Crippen LogP contribution in [0.1, 0.15) is 17.5 Å². The van der Waals surface area contributed by atoms with Crippen molar-refractivity contribution in [1.82, 2.24) is 10.2 Å². The Morgan fingerprint density at radius 3 is 2.70 bits per heavy atom. The minimum Gasteiger partial charge on any atom is -0.391 e. The van der Waals surface area contributed by atoms with E-state index in [1.165, 1.54) is 4.90 Å². The quantitative estimate of drug-likeness (QED) is 0.797. The van der Waals surface area contributed by atoms with E-state index in [2.05, 4.69) is 5.32 Å². The Labute approximate surface area is 117 Å². The van der Waals surface area contributed by atoms with Crippen molar-refractivity contribution in [3.8, 4) is 0 Å². The number of carbonyl (C=O) groups is 2. The maximum Gasteiger partial charge on any atom is 0.246 e. The highest BCUT2D eigenvalue weighted by molar-refractivity contribution is 5.97. The molecule has 0 aromatic heterocycles. The van der Waals surface area contributed by atoms with Crippen molar-refractivity contribution in [2.45, 2.75) is 38.0 Å². The van der Waals surface area contributed by atoms with E-state index in [1.807, 2.05) is 31.2 Å². The number of nitrogens with one attached hydrogen (secondary N) is 1. The number of carbonyl (C=O) groups excluding carboxylic acids is 2.